The van der Waals surface area contributed by atoms with E-state index in [0.29, 0.717) is 45.4 Å². The largest absolute Gasteiger partial charge is 0.354 e. The minimum absolute atomic E-state index is 0.0400. The molecule has 158 valence electrons. The molecule has 6 heteroatoms. The number of carbonyl (C=O) groups excluding carboxylic acids is 3. The second kappa shape index (κ2) is 10.1. The van der Waals surface area contributed by atoms with E-state index in [2.05, 4.69) is 10.6 Å². The zero-order chi connectivity index (χ0) is 21.4. The van der Waals surface area contributed by atoms with Gasteiger partial charge in [0, 0.05) is 33.1 Å². The molecule has 0 aliphatic carbocycles. The van der Waals surface area contributed by atoms with Crippen molar-refractivity contribution in [2.75, 3.05) is 26.2 Å². The van der Waals surface area contributed by atoms with Gasteiger partial charge in [-0.25, -0.2) is 0 Å². The van der Waals surface area contributed by atoms with Gasteiger partial charge in [-0.05, 0) is 24.0 Å². The first-order valence-corrected chi connectivity index (χ1v) is 10.4. The van der Waals surface area contributed by atoms with Gasteiger partial charge in [0.15, 0.2) is 0 Å². The SMILES string of the molecule is CC(=O)N1CCC(C(=O)NCCNC(=O)Cc2ccccc2)(c2ccccc2)CC1. The first-order chi connectivity index (χ1) is 14.5. The van der Waals surface area contributed by atoms with E-state index >= 15 is 0 Å². The Morgan fingerprint density at radius 3 is 2.03 bits per heavy atom. The first kappa shape index (κ1) is 21.6. The van der Waals surface area contributed by atoms with E-state index in [1.807, 2.05) is 60.7 Å². The lowest BCUT2D eigenvalue weighted by Crippen LogP contribution is -2.53. The molecule has 0 bridgehead atoms. The Morgan fingerprint density at radius 1 is 0.867 bits per heavy atom. The van der Waals surface area contributed by atoms with Gasteiger partial charge in [0.2, 0.25) is 17.7 Å². The van der Waals surface area contributed by atoms with Crippen LogP contribution in [0.25, 0.3) is 0 Å². The van der Waals surface area contributed by atoms with Crippen molar-refractivity contribution >= 4 is 17.7 Å². The molecule has 2 aromatic carbocycles. The lowest BCUT2D eigenvalue weighted by atomic mass is 9.72. The van der Waals surface area contributed by atoms with Gasteiger partial charge in [-0.1, -0.05) is 60.7 Å². The Bertz CT molecular complexity index is 860. The smallest absolute Gasteiger partial charge is 0.230 e. The molecule has 1 fully saturated rings. The molecule has 1 heterocycles. The van der Waals surface area contributed by atoms with Crippen molar-refractivity contribution in [1.29, 1.82) is 0 Å². The number of piperidine rings is 1. The van der Waals surface area contributed by atoms with Crippen molar-refractivity contribution in [3.05, 3.63) is 71.8 Å². The summed E-state index contributed by atoms with van der Waals surface area (Å²) in [5.41, 5.74) is 1.28. The monoisotopic (exact) mass is 407 g/mol. The Morgan fingerprint density at radius 2 is 1.43 bits per heavy atom. The normalized spacial score (nSPS) is 15.3. The van der Waals surface area contributed by atoms with Gasteiger partial charge < -0.3 is 15.5 Å². The molecule has 0 saturated carbocycles. The number of hydrogen-bond acceptors (Lipinski definition) is 3. The minimum Gasteiger partial charge on any atom is -0.354 e. The number of hydrogen-bond donors (Lipinski definition) is 2. The second-order valence-electron chi connectivity index (χ2n) is 7.72. The summed E-state index contributed by atoms with van der Waals surface area (Å²) >= 11 is 0. The maximum absolute atomic E-state index is 13.2. The van der Waals surface area contributed by atoms with E-state index < -0.39 is 5.41 Å². The molecule has 2 N–H and O–H groups in total. The van der Waals surface area contributed by atoms with Crippen LogP contribution in [0.1, 0.15) is 30.9 Å². The third kappa shape index (κ3) is 5.26. The van der Waals surface area contributed by atoms with E-state index in [4.69, 9.17) is 0 Å². The molecule has 2 aromatic rings. The number of nitrogens with zero attached hydrogens (tertiary/aromatic N) is 1. The van der Waals surface area contributed by atoms with Crippen molar-refractivity contribution in [2.45, 2.75) is 31.6 Å². The molecule has 0 radical (unpaired) electrons. The molecule has 1 aliphatic rings. The number of nitrogens with one attached hydrogen (secondary N) is 2. The maximum atomic E-state index is 13.2. The number of benzene rings is 2. The van der Waals surface area contributed by atoms with Crippen LogP contribution in [0.15, 0.2) is 60.7 Å². The fraction of sp³-hybridized carbons (Fsp3) is 0.375. The maximum Gasteiger partial charge on any atom is 0.230 e. The summed E-state index contributed by atoms with van der Waals surface area (Å²) in [6.07, 6.45) is 1.50. The van der Waals surface area contributed by atoms with Crippen LogP contribution in [0.5, 0.6) is 0 Å². The summed E-state index contributed by atoms with van der Waals surface area (Å²) in [4.78, 5) is 38.8. The topological polar surface area (TPSA) is 78.5 Å². The second-order valence-corrected chi connectivity index (χ2v) is 7.72. The van der Waals surface area contributed by atoms with Crippen LogP contribution >= 0.6 is 0 Å². The van der Waals surface area contributed by atoms with Crippen molar-refractivity contribution in [3.8, 4) is 0 Å². The summed E-state index contributed by atoms with van der Waals surface area (Å²) in [6.45, 7) is 3.43. The Kier molecular flexibility index (Phi) is 7.22. The first-order valence-electron chi connectivity index (χ1n) is 10.4. The van der Waals surface area contributed by atoms with E-state index in [-0.39, 0.29) is 17.7 Å². The Labute approximate surface area is 177 Å². The molecule has 0 spiro atoms. The number of likely N-dealkylation sites (tertiary alicyclic amines) is 1. The predicted octanol–water partition coefficient (Wildman–Crippen LogP) is 2.04. The molecular formula is C24H29N3O3. The fourth-order valence-corrected chi connectivity index (χ4v) is 4.00. The number of amides is 3. The van der Waals surface area contributed by atoms with Gasteiger partial charge in [0.1, 0.15) is 0 Å². The highest BCUT2D eigenvalue weighted by molar-refractivity contribution is 5.89. The van der Waals surface area contributed by atoms with Crippen LogP contribution < -0.4 is 10.6 Å². The van der Waals surface area contributed by atoms with E-state index in [1.54, 1.807) is 11.8 Å². The average Bonchev–Trinajstić information content (AvgIpc) is 2.78. The quantitative estimate of drug-likeness (QED) is 0.690. The van der Waals surface area contributed by atoms with Crippen LogP contribution in [0.2, 0.25) is 0 Å². The van der Waals surface area contributed by atoms with Gasteiger partial charge in [-0.15, -0.1) is 0 Å². The van der Waals surface area contributed by atoms with Crippen LogP contribution in [0.3, 0.4) is 0 Å². The Balaban J connectivity index is 1.55. The third-order valence-corrected chi connectivity index (χ3v) is 5.76. The van der Waals surface area contributed by atoms with Crippen LogP contribution in [0.4, 0.5) is 0 Å². The number of rotatable bonds is 7. The third-order valence-electron chi connectivity index (χ3n) is 5.76. The van der Waals surface area contributed by atoms with Crippen LogP contribution in [0, 0.1) is 0 Å². The molecular weight excluding hydrogens is 378 g/mol. The van der Waals surface area contributed by atoms with Gasteiger partial charge >= 0.3 is 0 Å². The average molecular weight is 408 g/mol. The summed E-state index contributed by atoms with van der Waals surface area (Å²) in [5.74, 6) is -0.0737. The zero-order valence-electron chi connectivity index (χ0n) is 17.4. The van der Waals surface area contributed by atoms with E-state index in [0.717, 1.165) is 11.1 Å². The molecule has 1 saturated heterocycles. The highest BCUT2D eigenvalue weighted by Crippen LogP contribution is 2.35. The van der Waals surface area contributed by atoms with Crippen LogP contribution in [-0.2, 0) is 26.2 Å². The van der Waals surface area contributed by atoms with Gasteiger partial charge in [-0.2, -0.15) is 0 Å². The molecule has 1 aliphatic heterocycles. The van der Waals surface area contributed by atoms with Gasteiger partial charge in [0.05, 0.1) is 11.8 Å². The highest BCUT2D eigenvalue weighted by atomic mass is 16.2. The lowest BCUT2D eigenvalue weighted by molar-refractivity contribution is -0.135. The summed E-state index contributed by atoms with van der Waals surface area (Å²) in [6, 6.07) is 19.3. The standard InChI is InChI=1S/C24H29N3O3/c1-19(28)27-16-12-24(13-17-27,21-10-6-3-7-11-21)23(30)26-15-14-25-22(29)18-20-8-4-2-5-9-20/h2-11H,12-18H2,1H3,(H,25,29)(H,26,30). The Hall–Kier alpha value is -3.15. The van der Waals surface area contributed by atoms with Crippen molar-refractivity contribution in [2.24, 2.45) is 0 Å². The molecule has 0 unspecified atom stereocenters. The summed E-state index contributed by atoms with van der Waals surface area (Å²) in [7, 11) is 0. The molecule has 3 amide bonds. The van der Waals surface area contributed by atoms with Crippen molar-refractivity contribution < 1.29 is 14.4 Å². The van der Waals surface area contributed by atoms with Gasteiger partial charge in [0.25, 0.3) is 0 Å². The fourth-order valence-electron chi connectivity index (χ4n) is 4.00. The van der Waals surface area contributed by atoms with E-state index in [1.165, 1.54) is 0 Å². The minimum atomic E-state index is -0.652. The zero-order valence-corrected chi connectivity index (χ0v) is 17.4. The molecule has 0 atom stereocenters. The summed E-state index contributed by atoms with van der Waals surface area (Å²) in [5, 5.41) is 5.86. The summed E-state index contributed by atoms with van der Waals surface area (Å²) < 4.78 is 0. The van der Waals surface area contributed by atoms with E-state index in [9.17, 15) is 14.4 Å². The molecule has 30 heavy (non-hydrogen) atoms. The molecule has 6 nitrogen and oxygen atoms in total. The predicted molar refractivity (Wildman–Crippen MR) is 116 cm³/mol. The molecule has 3 rings (SSSR count). The molecule has 0 aromatic heterocycles. The number of carbonyl (C=O) groups is 3. The highest BCUT2D eigenvalue weighted by Gasteiger charge is 2.43. The van der Waals surface area contributed by atoms with Crippen LogP contribution in [-0.4, -0.2) is 48.8 Å². The van der Waals surface area contributed by atoms with Crippen molar-refractivity contribution in [3.63, 3.8) is 0 Å². The van der Waals surface area contributed by atoms with Crippen molar-refractivity contribution in [1.82, 2.24) is 15.5 Å². The van der Waals surface area contributed by atoms with Gasteiger partial charge in [-0.3, -0.25) is 14.4 Å². The lowest BCUT2D eigenvalue weighted by Gasteiger charge is -2.40.